The molecule has 0 aliphatic carbocycles. The number of pyridine rings is 1. The standard InChI is InChI=1S/C22H21N3O2/c26-22(25-16-14-24(15-17-25)21-12-6-7-13-23-21)19-10-4-5-11-20(19)27-18-8-2-1-3-9-18/h1-13H,14-17H2. The van der Waals surface area contributed by atoms with Gasteiger partial charge in [-0.2, -0.15) is 0 Å². The van der Waals surface area contributed by atoms with E-state index in [9.17, 15) is 4.79 Å². The fraction of sp³-hybridized carbons (Fsp3) is 0.182. The highest BCUT2D eigenvalue weighted by Gasteiger charge is 2.24. The molecule has 136 valence electrons. The third-order valence-electron chi connectivity index (χ3n) is 4.63. The van der Waals surface area contributed by atoms with Crippen LogP contribution in [0.15, 0.2) is 79.0 Å². The summed E-state index contributed by atoms with van der Waals surface area (Å²) in [5, 5.41) is 0. The summed E-state index contributed by atoms with van der Waals surface area (Å²) in [5.74, 6) is 2.26. The van der Waals surface area contributed by atoms with Gasteiger partial charge >= 0.3 is 0 Å². The van der Waals surface area contributed by atoms with Crippen LogP contribution in [0.1, 0.15) is 10.4 Å². The second-order valence-electron chi connectivity index (χ2n) is 6.38. The summed E-state index contributed by atoms with van der Waals surface area (Å²) in [6.07, 6.45) is 1.80. The van der Waals surface area contributed by atoms with E-state index in [4.69, 9.17) is 4.74 Å². The topological polar surface area (TPSA) is 45.7 Å². The summed E-state index contributed by atoms with van der Waals surface area (Å²) in [7, 11) is 0. The minimum absolute atomic E-state index is 0.00204. The van der Waals surface area contributed by atoms with Crippen LogP contribution in [0.4, 0.5) is 5.82 Å². The normalized spacial score (nSPS) is 14.1. The van der Waals surface area contributed by atoms with Gasteiger partial charge in [0.25, 0.3) is 5.91 Å². The average molecular weight is 359 g/mol. The first-order chi connectivity index (χ1) is 13.3. The average Bonchev–Trinajstić information content (AvgIpc) is 2.75. The molecule has 27 heavy (non-hydrogen) atoms. The van der Waals surface area contributed by atoms with E-state index in [0.717, 1.165) is 24.7 Å². The monoisotopic (exact) mass is 359 g/mol. The van der Waals surface area contributed by atoms with Crippen LogP contribution in [-0.4, -0.2) is 42.0 Å². The lowest BCUT2D eigenvalue weighted by Gasteiger charge is -2.35. The minimum atomic E-state index is 0.00204. The molecule has 1 aromatic heterocycles. The molecule has 0 atom stereocenters. The predicted octanol–water partition coefficient (Wildman–Crippen LogP) is 3.84. The number of carbonyl (C=O) groups is 1. The van der Waals surface area contributed by atoms with Gasteiger partial charge in [-0.3, -0.25) is 4.79 Å². The van der Waals surface area contributed by atoms with E-state index in [0.29, 0.717) is 24.4 Å². The van der Waals surface area contributed by atoms with Gasteiger partial charge in [-0.05, 0) is 36.4 Å². The van der Waals surface area contributed by atoms with Crippen LogP contribution >= 0.6 is 0 Å². The summed E-state index contributed by atoms with van der Waals surface area (Å²) in [4.78, 5) is 21.5. The highest BCUT2D eigenvalue weighted by molar-refractivity contribution is 5.97. The summed E-state index contributed by atoms with van der Waals surface area (Å²) in [6.45, 7) is 2.86. The Bertz CT molecular complexity index is 892. The number of piperazine rings is 1. The molecule has 1 fully saturated rings. The number of carbonyl (C=O) groups excluding carboxylic acids is 1. The SMILES string of the molecule is O=C(c1ccccc1Oc1ccccc1)N1CCN(c2ccccn2)CC1. The van der Waals surface area contributed by atoms with Crippen LogP contribution in [0.2, 0.25) is 0 Å². The van der Waals surface area contributed by atoms with Crippen LogP contribution in [0.5, 0.6) is 11.5 Å². The van der Waals surface area contributed by atoms with E-state index in [1.165, 1.54) is 0 Å². The van der Waals surface area contributed by atoms with Crippen molar-refractivity contribution in [3.8, 4) is 11.5 Å². The van der Waals surface area contributed by atoms with Gasteiger partial charge in [-0.1, -0.05) is 36.4 Å². The van der Waals surface area contributed by atoms with Crippen LogP contribution in [0.25, 0.3) is 0 Å². The summed E-state index contributed by atoms with van der Waals surface area (Å²) >= 11 is 0. The molecule has 0 radical (unpaired) electrons. The van der Waals surface area contributed by atoms with E-state index < -0.39 is 0 Å². The van der Waals surface area contributed by atoms with Gasteiger partial charge in [0.2, 0.25) is 0 Å². The largest absolute Gasteiger partial charge is 0.457 e. The van der Waals surface area contributed by atoms with Crippen molar-refractivity contribution in [2.75, 3.05) is 31.1 Å². The van der Waals surface area contributed by atoms with Crippen LogP contribution in [-0.2, 0) is 0 Å². The molecule has 0 unspecified atom stereocenters. The predicted molar refractivity (Wildman–Crippen MR) is 105 cm³/mol. The van der Waals surface area contributed by atoms with Gasteiger partial charge < -0.3 is 14.5 Å². The van der Waals surface area contributed by atoms with Gasteiger partial charge in [0.05, 0.1) is 5.56 Å². The number of rotatable bonds is 4. The Morgan fingerprint density at radius 1 is 0.815 bits per heavy atom. The number of hydrogen-bond acceptors (Lipinski definition) is 4. The minimum Gasteiger partial charge on any atom is -0.457 e. The molecule has 0 bridgehead atoms. The first-order valence-corrected chi connectivity index (χ1v) is 9.08. The van der Waals surface area contributed by atoms with Gasteiger partial charge in [-0.25, -0.2) is 4.98 Å². The van der Waals surface area contributed by atoms with Crippen molar-refractivity contribution in [3.63, 3.8) is 0 Å². The Morgan fingerprint density at radius 3 is 2.26 bits per heavy atom. The van der Waals surface area contributed by atoms with Crippen molar-refractivity contribution >= 4 is 11.7 Å². The highest BCUT2D eigenvalue weighted by atomic mass is 16.5. The number of aromatic nitrogens is 1. The van der Waals surface area contributed by atoms with Gasteiger partial charge in [-0.15, -0.1) is 0 Å². The zero-order valence-corrected chi connectivity index (χ0v) is 15.0. The molecule has 3 aromatic rings. The quantitative estimate of drug-likeness (QED) is 0.710. The highest BCUT2D eigenvalue weighted by Crippen LogP contribution is 2.26. The molecule has 2 heterocycles. The lowest BCUT2D eigenvalue weighted by Crippen LogP contribution is -2.49. The zero-order chi connectivity index (χ0) is 18.5. The van der Waals surface area contributed by atoms with Crippen molar-refractivity contribution in [3.05, 3.63) is 84.6 Å². The fourth-order valence-corrected chi connectivity index (χ4v) is 3.20. The molecule has 1 aliphatic rings. The van der Waals surface area contributed by atoms with Gasteiger partial charge in [0.1, 0.15) is 17.3 Å². The summed E-state index contributed by atoms with van der Waals surface area (Å²) < 4.78 is 5.94. The first-order valence-electron chi connectivity index (χ1n) is 9.08. The number of hydrogen-bond donors (Lipinski definition) is 0. The van der Waals surface area contributed by atoms with Crippen molar-refractivity contribution in [1.29, 1.82) is 0 Å². The summed E-state index contributed by atoms with van der Waals surface area (Å²) in [5.41, 5.74) is 0.590. The Kier molecular flexibility index (Phi) is 5.01. The van der Waals surface area contributed by atoms with Crippen LogP contribution in [0.3, 0.4) is 0 Å². The number of para-hydroxylation sites is 2. The van der Waals surface area contributed by atoms with Gasteiger partial charge in [0, 0.05) is 32.4 Å². The Balaban J connectivity index is 1.46. The van der Waals surface area contributed by atoms with E-state index in [2.05, 4.69) is 9.88 Å². The summed E-state index contributed by atoms with van der Waals surface area (Å²) in [6, 6.07) is 22.8. The smallest absolute Gasteiger partial charge is 0.257 e. The number of nitrogens with zero attached hydrogens (tertiary/aromatic N) is 3. The number of anilines is 1. The molecule has 1 saturated heterocycles. The van der Waals surface area contributed by atoms with Crippen molar-refractivity contribution in [2.45, 2.75) is 0 Å². The molecule has 1 amide bonds. The number of ether oxygens (including phenoxy) is 1. The Labute approximate surface area is 158 Å². The Hall–Kier alpha value is -3.34. The fourth-order valence-electron chi connectivity index (χ4n) is 3.20. The molecule has 0 spiro atoms. The first kappa shape index (κ1) is 17.1. The third kappa shape index (κ3) is 3.92. The van der Waals surface area contributed by atoms with Crippen molar-refractivity contribution in [2.24, 2.45) is 0 Å². The molecule has 0 N–H and O–H groups in total. The molecule has 2 aromatic carbocycles. The number of amides is 1. The van der Waals surface area contributed by atoms with E-state index in [1.807, 2.05) is 77.7 Å². The van der Waals surface area contributed by atoms with E-state index in [-0.39, 0.29) is 5.91 Å². The molecular weight excluding hydrogens is 338 g/mol. The third-order valence-corrected chi connectivity index (χ3v) is 4.63. The number of benzene rings is 2. The van der Waals surface area contributed by atoms with Crippen LogP contribution in [0, 0.1) is 0 Å². The Morgan fingerprint density at radius 2 is 1.52 bits per heavy atom. The molecule has 4 rings (SSSR count). The second kappa shape index (κ2) is 7.91. The second-order valence-corrected chi connectivity index (χ2v) is 6.38. The van der Waals surface area contributed by atoms with Crippen molar-refractivity contribution < 1.29 is 9.53 Å². The molecule has 0 saturated carbocycles. The molecule has 5 heteroatoms. The molecule has 1 aliphatic heterocycles. The lowest BCUT2D eigenvalue weighted by molar-refractivity contribution is 0.0744. The lowest BCUT2D eigenvalue weighted by atomic mass is 10.1. The molecule has 5 nitrogen and oxygen atoms in total. The maximum absolute atomic E-state index is 13.1. The zero-order valence-electron chi connectivity index (χ0n) is 15.0. The van der Waals surface area contributed by atoms with E-state index >= 15 is 0 Å². The van der Waals surface area contributed by atoms with Crippen molar-refractivity contribution in [1.82, 2.24) is 9.88 Å². The maximum atomic E-state index is 13.1. The van der Waals surface area contributed by atoms with Gasteiger partial charge in [0.15, 0.2) is 0 Å². The van der Waals surface area contributed by atoms with Crippen LogP contribution < -0.4 is 9.64 Å². The van der Waals surface area contributed by atoms with E-state index in [1.54, 1.807) is 6.20 Å². The maximum Gasteiger partial charge on any atom is 0.257 e. The molecular formula is C22H21N3O2.